The number of imidazole rings is 1. The summed E-state index contributed by atoms with van der Waals surface area (Å²) < 4.78 is 10.2. The van der Waals surface area contributed by atoms with Crippen molar-refractivity contribution < 1.29 is 25.8 Å². The first-order valence-corrected chi connectivity index (χ1v) is 10.3. The number of nitrogens with zero attached hydrogens (tertiary/aromatic N) is 4. The molecule has 5 nitrogen and oxygen atoms in total. The Morgan fingerprint density at radius 1 is 0.758 bits per heavy atom. The minimum Gasteiger partial charge on any atom is -0.503 e. The average Bonchev–Trinajstić information content (AvgIpc) is 3.40. The van der Waals surface area contributed by atoms with Gasteiger partial charge in [0.05, 0.1) is 5.82 Å². The monoisotopic (exact) mass is 609 g/mol. The molecule has 0 spiro atoms. The van der Waals surface area contributed by atoms with Crippen LogP contribution in [0.15, 0.2) is 91.4 Å². The molecule has 0 aliphatic heterocycles. The SMILES string of the molecule is Cn1ccnc1-c1[c-]c(Oc2[c-]c3c(cc2)c2ccccc2n3-c2ccccn2)ccc1.[Pt+2]. The van der Waals surface area contributed by atoms with Gasteiger partial charge in [-0.25, -0.2) is 4.98 Å². The molecule has 0 unspecified atom stereocenters. The number of hydrogen-bond acceptors (Lipinski definition) is 3. The maximum absolute atomic E-state index is 6.17. The fourth-order valence-corrected chi connectivity index (χ4v) is 4.04. The number of fused-ring (bicyclic) bond motifs is 3. The number of benzene rings is 3. The Morgan fingerprint density at radius 2 is 1.61 bits per heavy atom. The van der Waals surface area contributed by atoms with E-state index in [4.69, 9.17) is 4.74 Å². The van der Waals surface area contributed by atoms with Crippen LogP contribution in [0.2, 0.25) is 0 Å². The van der Waals surface area contributed by atoms with Crippen molar-refractivity contribution in [1.29, 1.82) is 0 Å². The number of rotatable bonds is 4. The van der Waals surface area contributed by atoms with Crippen molar-refractivity contribution in [2.75, 3.05) is 0 Å². The van der Waals surface area contributed by atoms with Gasteiger partial charge in [0.2, 0.25) is 0 Å². The van der Waals surface area contributed by atoms with Crippen LogP contribution < -0.4 is 4.74 Å². The van der Waals surface area contributed by atoms with Gasteiger partial charge in [0.1, 0.15) is 5.82 Å². The smallest absolute Gasteiger partial charge is 0.503 e. The van der Waals surface area contributed by atoms with E-state index in [0.717, 1.165) is 39.0 Å². The van der Waals surface area contributed by atoms with Gasteiger partial charge in [-0.05, 0) is 23.6 Å². The molecule has 6 aromatic rings. The molecular formula is C27H18N4OPt. The molecule has 0 aliphatic rings. The van der Waals surface area contributed by atoms with Crippen LogP contribution in [0, 0.1) is 12.1 Å². The first kappa shape index (κ1) is 21.2. The molecule has 0 saturated heterocycles. The summed E-state index contributed by atoms with van der Waals surface area (Å²) in [4.78, 5) is 8.97. The fraction of sp³-hybridized carbons (Fsp3) is 0.0370. The Bertz CT molecular complexity index is 1570. The molecule has 0 saturated carbocycles. The van der Waals surface area contributed by atoms with Gasteiger partial charge in [0.15, 0.2) is 0 Å². The van der Waals surface area contributed by atoms with Gasteiger partial charge in [-0.15, -0.1) is 41.3 Å². The Balaban J connectivity index is 0.00000228. The molecule has 6 heteroatoms. The number of para-hydroxylation sites is 1. The molecule has 0 aliphatic carbocycles. The van der Waals surface area contributed by atoms with Crippen LogP contribution in [-0.4, -0.2) is 19.1 Å². The molecule has 0 N–H and O–H groups in total. The molecule has 0 radical (unpaired) electrons. The zero-order valence-electron chi connectivity index (χ0n) is 17.7. The molecular weight excluding hydrogens is 591 g/mol. The molecule has 0 atom stereocenters. The summed E-state index contributed by atoms with van der Waals surface area (Å²) in [5.41, 5.74) is 2.87. The van der Waals surface area contributed by atoms with Crippen molar-refractivity contribution in [3.8, 4) is 28.7 Å². The first-order valence-electron chi connectivity index (χ1n) is 10.3. The van der Waals surface area contributed by atoms with Gasteiger partial charge in [0.25, 0.3) is 0 Å². The third-order valence-corrected chi connectivity index (χ3v) is 5.49. The molecule has 3 aromatic carbocycles. The van der Waals surface area contributed by atoms with Crippen molar-refractivity contribution in [2.24, 2.45) is 7.05 Å². The van der Waals surface area contributed by atoms with Crippen molar-refractivity contribution in [3.63, 3.8) is 0 Å². The second kappa shape index (κ2) is 8.68. The van der Waals surface area contributed by atoms with Gasteiger partial charge < -0.3 is 13.9 Å². The number of aromatic nitrogens is 4. The Morgan fingerprint density at radius 3 is 2.42 bits per heavy atom. The first-order chi connectivity index (χ1) is 15.8. The number of pyridine rings is 1. The van der Waals surface area contributed by atoms with Gasteiger partial charge in [-0.3, -0.25) is 4.98 Å². The fourth-order valence-electron chi connectivity index (χ4n) is 4.04. The van der Waals surface area contributed by atoms with E-state index in [2.05, 4.69) is 44.9 Å². The third-order valence-electron chi connectivity index (χ3n) is 5.49. The Labute approximate surface area is 205 Å². The summed E-state index contributed by atoms with van der Waals surface area (Å²) in [6.45, 7) is 0. The van der Waals surface area contributed by atoms with E-state index in [0.29, 0.717) is 11.5 Å². The van der Waals surface area contributed by atoms with Crippen LogP contribution in [0.3, 0.4) is 0 Å². The predicted molar refractivity (Wildman–Crippen MR) is 125 cm³/mol. The normalized spacial score (nSPS) is 10.9. The summed E-state index contributed by atoms with van der Waals surface area (Å²) in [5.74, 6) is 2.91. The van der Waals surface area contributed by atoms with Gasteiger partial charge in [-0.1, -0.05) is 35.8 Å². The van der Waals surface area contributed by atoms with Crippen LogP contribution in [0.1, 0.15) is 0 Å². The van der Waals surface area contributed by atoms with Crippen LogP contribution in [0.4, 0.5) is 0 Å². The topological polar surface area (TPSA) is 44.9 Å². The van der Waals surface area contributed by atoms with Gasteiger partial charge in [-0.2, -0.15) is 6.07 Å². The molecule has 0 amide bonds. The van der Waals surface area contributed by atoms with Crippen molar-refractivity contribution in [3.05, 3.63) is 104 Å². The molecule has 3 aromatic heterocycles. The van der Waals surface area contributed by atoms with Crippen molar-refractivity contribution in [1.82, 2.24) is 19.1 Å². The van der Waals surface area contributed by atoms with Crippen molar-refractivity contribution in [2.45, 2.75) is 0 Å². The van der Waals surface area contributed by atoms with E-state index >= 15 is 0 Å². The maximum Gasteiger partial charge on any atom is 2.00 e. The van der Waals surface area contributed by atoms with Gasteiger partial charge >= 0.3 is 21.1 Å². The van der Waals surface area contributed by atoms with E-state index < -0.39 is 0 Å². The summed E-state index contributed by atoms with van der Waals surface area (Å²) in [6.07, 6.45) is 5.48. The summed E-state index contributed by atoms with van der Waals surface area (Å²) in [6, 6.07) is 30.8. The van der Waals surface area contributed by atoms with Crippen LogP contribution in [0.5, 0.6) is 11.5 Å². The largest absolute Gasteiger partial charge is 2.00 e. The molecule has 0 bridgehead atoms. The van der Waals surface area contributed by atoms with E-state index in [1.807, 2.05) is 72.4 Å². The second-order valence-electron chi connectivity index (χ2n) is 7.52. The van der Waals surface area contributed by atoms with Crippen LogP contribution in [0.25, 0.3) is 39.0 Å². The average molecular weight is 610 g/mol. The molecule has 0 fully saturated rings. The van der Waals surface area contributed by atoms with E-state index in [1.54, 1.807) is 12.4 Å². The van der Waals surface area contributed by atoms with Crippen LogP contribution >= 0.6 is 0 Å². The quantitative estimate of drug-likeness (QED) is 0.232. The second-order valence-corrected chi connectivity index (χ2v) is 7.52. The summed E-state index contributed by atoms with van der Waals surface area (Å²) in [5, 5.41) is 2.25. The minimum atomic E-state index is 0. The zero-order valence-corrected chi connectivity index (χ0v) is 19.9. The van der Waals surface area contributed by atoms with E-state index in [-0.39, 0.29) is 21.1 Å². The predicted octanol–water partition coefficient (Wildman–Crippen LogP) is 5.97. The number of aryl methyl sites for hydroxylation is 1. The summed E-state index contributed by atoms with van der Waals surface area (Å²) >= 11 is 0. The van der Waals surface area contributed by atoms with E-state index in [1.165, 1.54) is 0 Å². The Kier molecular flexibility index (Phi) is 5.57. The van der Waals surface area contributed by atoms with E-state index in [9.17, 15) is 0 Å². The van der Waals surface area contributed by atoms with Gasteiger partial charge in [0, 0.05) is 42.7 Å². The molecule has 162 valence electrons. The van der Waals surface area contributed by atoms with Crippen LogP contribution in [-0.2, 0) is 28.1 Å². The Hall–Kier alpha value is -3.69. The third kappa shape index (κ3) is 3.75. The minimum absolute atomic E-state index is 0. The zero-order chi connectivity index (χ0) is 21.5. The molecule has 33 heavy (non-hydrogen) atoms. The summed E-state index contributed by atoms with van der Waals surface area (Å²) in [7, 11) is 1.96. The maximum atomic E-state index is 6.17. The number of ether oxygens (including phenoxy) is 1. The molecule has 6 rings (SSSR count). The standard InChI is InChI=1S/C27H18N4O.Pt/c1-30-16-15-29-27(30)19-7-6-8-20(17-19)32-21-12-13-23-22-9-2-3-10-24(22)31(25(23)18-21)26-11-4-5-14-28-26;/h2-16H,1H3;/q-2;+2. The van der Waals surface area contributed by atoms with Crippen molar-refractivity contribution >= 4 is 21.8 Å². The number of hydrogen-bond donors (Lipinski definition) is 0. The molecule has 3 heterocycles.